The zero-order valence-corrected chi connectivity index (χ0v) is 13.6. The summed E-state index contributed by atoms with van der Waals surface area (Å²) in [6.45, 7) is 6.93. The van der Waals surface area contributed by atoms with Gasteiger partial charge in [0.25, 0.3) is 0 Å². The molecule has 1 saturated heterocycles. The van der Waals surface area contributed by atoms with Crippen LogP contribution in [0.15, 0.2) is 4.42 Å². The van der Waals surface area contributed by atoms with Gasteiger partial charge in [0.15, 0.2) is 0 Å². The number of halogens is 1. The summed E-state index contributed by atoms with van der Waals surface area (Å²) in [5.41, 5.74) is 2.12. The Morgan fingerprint density at radius 2 is 2.10 bits per heavy atom. The maximum absolute atomic E-state index is 6.44. The van der Waals surface area contributed by atoms with Crippen LogP contribution in [-0.2, 0) is 7.05 Å². The van der Waals surface area contributed by atoms with Gasteiger partial charge in [-0.25, -0.2) is 0 Å². The first-order chi connectivity index (χ1) is 9.99. The Balaban J connectivity index is 1.92. The predicted molar refractivity (Wildman–Crippen MR) is 79.1 cm³/mol. The lowest BCUT2D eigenvalue weighted by molar-refractivity contribution is 0.166. The Kier molecular flexibility index (Phi) is 3.75. The van der Waals surface area contributed by atoms with E-state index in [0.717, 1.165) is 35.8 Å². The highest BCUT2D eigenvalue weighted by molar-refractivity contribution is 6.30. The van der Waals surface area contributed by atoms with Crippen LogP contribution in [0.5, 0.6) is 0 Å². The summed E-state index contributed by atoms with van der Waals surface area (Å²) in [5.74, 6) is 1.26. The molecule has 0 aromatic carbocycles. The van der Waals surface area contributed by atoms with Crippen LogP contribution >= 0.6 is 11.6 Å². The Morgan fingerprint density at radius 1 is 1.33 bits per heavy atom. The highest BCUT2D eigenvalue weighted by Gasteiger charge is 2.35. The van der Waals surface area contributed by atoms with Crippen LogP contribution in [-0.4, -0.2) is 31.4 Å². The molecule has 6 nitrogen and oxygen atoms in total. The average molecular weight is 310 g/mol. The summed E-state index contributed by atoms with van der Waals surface area (Å²) in [6.07, 6.45) is 2.20. The normalized spacial score (nSPS) is 21.1. The van der Waals surface area contributed by atoms with Gasteiger partial charge in [-0.15, -0.1) is 10.2 Å². The molecule has 0 bridgehead atoms. The minimum absolute atomic E-state index is 0.0781. The molecule has 1 aliphatic heterocycles. The molecular formula is C14H20ClN5O. The lowest BCUT2D eigenvalue weighted by atomic mass is 10.0. The molecule has 2 atom stereocenters. The van der Waals surface area contributed by atoms with E-state index in [4.69, 9.17) is 16.0 Å². The lowest BCUT2D eigenvalue weighted by Gasteiger charge is -2.28. The van der Waals surface area contributed by atoms with E-state index in [2.05, 4.69) is 27.1 Å². The standard InChI is InChI=1S/C14H20ClN5O/c1-8-12(13(15)19(4)18-8)11-6-5-7-20(11)9(2)14-17-16-10(3)21-14/h9,11H,5-7H2,1-4H3/t9-,11+/m1/s1. The van der Waals surface area contributed by atoms with Crippen molar-refractivity contribution in [1.82, 2.24) is 24.9 Å². The van der Waals surface area contributed by atoms with E-state index in [-0.39, 0.29) is 12.1 Å². The quantitative estimate of drug-likeness (QED) is 0.872. The molecule has 3 rings (SSSR count). The van der Waals surface area contributed by atoms with Crippen molar-refractivity contribution in [3.63, 3.8) is 0 Å². The van der Waals surface area contributed by atoms with Crippen LogP contribution in [0.1, 0.15) is 54.9 Å². The number of likely N-dealkylation sites (tertiary alicyclic amines) is 1. The maximum atomic E-state index is 6.44. The van der Waals surface area contributed by atoms with E-state index >= 15 is 0 Å². The Morgan fingerprint density at radius 3 is 2.67 bits per heavy atom. The summed E-state index contributed by atoms with van der Waals surface area (Å²) >= 11 is 6.44. The molecule has 0 amide bonds. The van der Waals surface area contributed by atoms with E-state index in [1.165, 1.54) is 0 Å². The fraction of sp³-hybridized carbons (Fsp3) is 0.643. The maximum Gasteiger partial charge on any atom is 0.233 e. The Bertz CT molecular complexity index is 650. The van der Waals surface area contributed by atoms with Crippen molar-refractivity contribution < 1.29 is 4.42 Å². The third-order valence-corrected chi connectivity index (χ3v) is 4.67. The van der Waals surface area contributed by atoms with Gasteiger partial charge >= 0.3 is 0 Å². The molecule has 2 aromatic rings. The number of aromatic nitrogens is 4. The minimum atomic E-state index is 0.0781. The highest BCUT2D eigenvalue weighted by atomic mass is 35.5. The molecule has 1 fully saturated rings. The molecule has 21 heavy (non-hydrogen) atoms. The molecule has 0 saturated carbocycles. The zero-order chi connectivity index (χ0) is 15.1. The molecular weight excluding hydrogens is 290 g/mol. The van der Waals surface area contributed by atoms with Crippen LogP contribution in [0.3, 0.4) is 0 Å². The van der Waals surface area contributed by atoms with E-state index in [0.29, 0.717) is 11.8 Å². The van der Waals surface area contributed by atoms with Gasteiger partial charge < -0.3 is 4.42 Å². The smallest absolute Gasteiger partial charge is 0.233 e. The Labute approximate surface area is 129 Å². The van der Waals surface area contributed by atoms with Gasteiger partial charge in [0, 0.05) is 25.6 Å². The zero-order valence-electron chi connectivity index (χ0n) is 12.8. The minimum Gasteiger partial charge on any atom is -0.424 e. The van der Waals surface area contributed by atoms with Crippen molar-refractivity contribution in [2.45, 2.75) is 45.7 Å². The molecule has 1 aliphatic rings. The fourth-order valence-corrected chi connectivity index (χ4v) is 3.51. The first kappa shape index (κ1) is 14.5. The molecule has 0 unspecified atom stereocenters. The summed E-state index contributed by atoms with van der Waals surface area (Å²) in [6, 6.07) is 0.336. The second kappa shape index (κ2) is 5.42. The first-order valence-corrected chi connectivity index (χ1v) is 7.61. The molecule has 7 heteroatoms. The van der Waals surface area contributed by atoms with Crippen molar-refractivity contribution in [3.8, 4) is 0 Å². The molecule has 3 heterocycles. The molecule has 0 spiro atoms. The summed E-state index contributed by atoms with van der Waals surface area (Å²) in [7, 11) is 1.88. The number of hydrogen-bond acceptors (Lipinski definition) is 5. The van der Waals surface area contributed by atoms with Crippen LogP contribution in [0.2, 0.25) is 5.15 Å². The second-order valence-corrected chi connectivity index (χ2v) is 6.00. The second-order valence-electron chi connectivity index (χ2n) is 5.64. The van der Waals surface area contributed by atoms with E-state index in [1.807, 2.05) is 20.9 Å². The predicted octanol–water partition coefficient (Wildman–Crippen LogP) is 2.97. The molecule has 114 valence electrons. The third-order valence-electron chi connectivity index (χ3n) is 4.22. The highest BCUT2D eigenvalue weighted by Crippen LogP contribution is 2.41. The number of hydrogen-bond donors (Lipinski definition) is 0. The Hall–Kier alpha value is -1.40. The van der Waals surface area contributed by atoms with Gasteiger partial charge in [0.2, 0.25) is 11.8 Å². The molecule has 0 radical (unpaired) electrons. The number of rotatable bonds is 3. The van der Waals surface area contributed by atoms with Crippen LogP contribution in [0.4, 0.5) is 0 Å². The number of nitrogens with zero attached hydrogens (tertiary/aromatic N) is 5. The van der Waals surface area contributed by atoms with Crippen LogP contribution in [0, 0.1) is 13.8 Å². The van der Waals surface area contributed by atoms with Crippen molar-refractivity contribution in [2.75, 3.05) is 6.54 Å². The third kappa shape index (κ3) is 2.46. The average Bonchev–Trinajstić information content (AvgIpc) is 3.11. The van der Waals surface area contributed by atoms with Crippen molar-refractivity contribution >= 4 is 11.6 Å². The lowest BCUT2D eigenvalue weighted by Crippen LogP contribution is -2.27. The molecule has 2 aromatic heterocycles. The van der Waals surface area contributed by atoms with Crippen molar-refractivity contribution in [1.29, 1.82) is 0 Å². The molecule has 0 N–H and O–H groups in total. The monoisotopic (exact) mass is 309 g/mol. The van der Waals surface area contributed by atoms with Gasteiger partial charge in [-0.2, -0.15) is 5.10 Å². The molecule has 0 aliphatic carbocycles. The van der Waals surface area contributed by atoms with Crippen LogP contribution < -0.4 is 0 Å². The summed E-state index contributed by atoms with van der Waals surface area (Å²) < 4.78 is 7.33. The first-order valence-electron chi connectivity index (χ1n) is 7.23. The van der Waals surface area contributed by atoms with Crippen molar-refractivity contribution in [2.24, 2.45) is 7.05 Å². The van der Waals surface area contributed by atoms with Crippen LogP contribution in [0.25, 0.3) is 0 Å². The van der Waals surface area contributed by atoms with Crippen molar-refractivity contribution in [3.05, 3.63) is 28.2 Å². The summed E-state index contributed by atoms with van der Waals surface area (Å²) in [5, 5.41) is 13.2. The van der Waals surface area contributed by atoms with Gasteiger partial charge in [-0.05, 0) is 33.2 Å². The van der Waals surface area contributed by atoms with Gasteiger partial charge in [-0.1, -0.05) is 11.6 Å². The SMILES string of the molecule is Cc1nnc([C@@H](C)N2CCC[C@H]2c2c(C)nn(C)c2Cl)o1. The van der Waals surface area contributed by atoms with Gasteiger partial charge in [-0.3, -0.25) is 9.58 Å². The topological polar surface area (TPSA) is 60.0 Å². The largest absolute Gasteiger partial charge is 0.424 e. The van der Waals surface area contributed by atoms with E-state index in [9.17, 15) is 0 Å². The van der Waals surface area contributed by atoms with E-state index in [1.54, 1.807) is 4.68 Å². The van der Waals surface area contributed by atoms with Gasteiger partial charge in [0.1, 0.15) is 5.15 Å². The summed E-state index contributed by atoms with van der Waals surface area (Å²) in [4.78, 5) is 2.38. The fourth-order valence-electron chi connectivity index (χ4n) is 3.21. The van der Waals surface area contributed by atoms with E-state index < -0.39 is 0 Å². The number of aryl methyl sites for hydroxylation is 3. The van der Waals surface area contributed by atoms with Gasteiger partial charge in [0.05, 0.1) is 11.7 Å².